The van der Waals surface area contributed by atoms with Crippen molar-refractivity contribution in [2.24, 2.45) is 0 Å². The summed E-state index contributed by atoms with van der Waals surface area (Å²) in [6.07, 6.45) is 0. The maximum atomic E-state index is 12.1. The minimum atomic E-state index is -3.71. The molecule has 0 aliphatic carbocycles. The Morgan fingerprint density at radius 1 is 1.21 bits per heavy atom. The number of hydrogen-bond donors (Lipinski definition) is 0. The van der Waals surface area contributed by atoms with Gasteiger partial charge in [-0.15, -0.1) is 0 Å². The van der Waals surface area contributed by atoms with E-state index in [1.807, 2.05) is 13.8 Å². The van der Waals surface area contributed by atoms with Gasteiger partial charge in [0.15, 0.2) is 6.01 Å². The minimum absolute atomic E-state index is 0.0457. The molecule has 0 saturated heterocycles. The van der Waals surface area contributed by atoms with E-state index in [0.717, 1.165) is 5.56 Å². The zero-order valence-corrected chi connectivity index (χ0v) is 9.01. The number of hydrogen-bond acceptors (Lipinski definition) is 2. The number of rotatable bonds is 3. The number of alkyl halides is 1. The molecule has 0 N–H and O–H groups in total. The second-order valence-corrected chi connectivity index (χ2v) is 5.37. The summed E-state index contributed by atoms with van der Waals surface area (Å²) < 4.78 is 34.3. The van der Waals surface area contributed by atoms with Crippen LogP contribution in [0.3, 0.4) is 0 Å². The standard InChI is InChI=1S/C10H13FO2S/c1-8(2)9-3-5-10(6-4-9)14(12,13)7-11/h3-6,8H,7H2,1-2H3. The van der Waals surface area contributed by atoms with Gasteiger partial charge < -0.3 is 0 Å². The van der Waals surface area contributed by atoms with Crippen molar-refractivity contribution in [2.75, 3.05) is 6.01 Å². The van der Waals surface area contributed by atoms with Crippen molar-refractivity contribution in [3.05, 3.63) is 29.8 Å². The molecule has 1 rings (SSSR count). The summed E-state index contributed by atoms with van der Waals surface area (Å²) in [6, 6.07) is 4.99. The molecule has 0 amide bonds. The number of benzene rings is 1. The van der Waals surface area contributed by atoms with E-state index in [9.17, 15) is 12.8 Å². The van der Waals surface area contributed by atoms with Gasteiger partial charge in [-0.25, -0.2) is 12.8 Å². The predicted octanol–water partition coefficient (Wildman–Crippen LogP) is 2.51. The molecule has 0 aliphatic rings. The van der Waals surface area contributed by atoms with Crippen molar-refractivity contribution in [3.63, 3.8) is 0 Å². The summed E-state index contributed by atoms with van der Waals surface area (Å²) in [5.41, 5.74) is 1.04. The molecular formula is C10H13FO2S. The van der Waals surface area contributed by atoms with Crippen LogP contribution in [-0.4, -0.2) is 14.4 Å². The van der Waals surface area contributed by atoms with Gasteiger partial charge in [-0.05, 0) is 23.6 Å². The first-order valence-electron chi connectivity index (χ1n) is 4.36. The highest BCUT2D eigenvalue weighted by Crippen LogP contribution is 2.18. The molecule has 2 nitrogen and oxygen atoms in total. The highest BCUT2D eigenvalue weighted by Gasteiger charge is 2.13. The van der Waals surface area contributed by atoms with Crippen LogP contribution in [0, 0.1) is 0 Å². The molecule has 78 valence electrons. The van der Waals surface area contributed by atoms with Crippen LogP contribution < -0.4 is 0 Å². The lowest BCUT2D eigenvalue weighted by molar-refractivity contribution is 0.534. The molecule has 0 saturated carbocycles. The van der Waals surface area contributed by atoms with Gasteiger partial charge in [0.05, 0.1) is 4.90 Å². The molecular weight excluding hydrogens is 203 g/mol. The fourth-order valence-electron chi connectivity index (χ4n) is 1.12. The summed E-state index contributed by atoms with van der Waals surface area (Å²) in [4.78, 5) is 0.0457. The van der Waals surface area contributed by atoms with E-state index in [1.54, 1.807) is 12.1 Å². The Bertz CT molecular complexity index is 393. The van der Waals surface area contributed by atoms with Crippen molar-refractivity contribution in [3.8, 4) is 0 Å². The molecule has 4 heteroatoms. The van der Waals surface area contributed by atoms with Crippen molar-refractivity contribution in [1.82, 2.24) is 0 Å². The van der Waals surface area contributed by atoms with Crippen molar-refractivity contribution in [1.29, 1.82) is 0 Å². The summed E-state index contributed by atoms with van der Waals surface area (Å²) in [6.45, 7) is 4.03. The summed E-state index contributed by atoms with van der Waals surface area (Å²) >= 11 is 0. The van der Waals surface area contributed by atoms with E-state index >= 15 is 0 Å². The molecule has 0 aliphatic heterocycles. The lowest BCUT2D eigenvalue weighted by Crippen LogP contribution is -2.02. The zero-order valence-electron chi connectivity index (χ0n) is 8.20. The van der Waals surface area contributed by atoms with Crippen LogP contribution in [0.25, 0.3) is 0 Å². The largest absolute Gasteiger partial charge is 0.233 e. The average molecular weight is 216 g/mol. The third kappa shape index (κ3) is 2.32. The highest BCUT2D eigenvalue weighted by molar-refractivity contribution is 7.91. The first-order valence-corrected chi connectivity index (χ1v) is 6.01. The number of sulfone groups is 1. The molecule has 1 aromatic rings. The summed E-state index contributed by atoms with van der Waals surface area (Å²) in [7, 11) is -3.71. The predicted molar refractivity (Wildman–Crippen MR) is 53.7 cm³/mol. The van der Waals surface area contributed by atoms with Crippen molar-refractivity contribution >= 4 is 9.84 Å². The topological polar surface area (TPSA) is 34.1 Å². The third-order valence-electron chi connectivity index (χ3n) is 2.05. The van der Waals surface area contributed by atoms with E-state index in [-0.39, 0.29) is 4.90 Å². The van der Waals surface area contributed by atoms with Crippen LogP contribution in [0.5, 0.6) is 0 Å². The van der Waals surface area contributed by atoms with Crippen LogP contribution in [0.1, 0.15) is 25.3 Å². The minimum Gasteiger partial charge on any atom is -0.233 e. The third-order valence-corrected chi connectivity index (χ3v) is 3.33. The summed E-state index contributed by atoms with van der Waals surface area (Å²) in [5.74, 6) is 0.345. The first-order chi connectivity index (χ1) is 6.47. The molecule has 0 spiro atoms. The van der Waals surface area contributed by atoms with E-state index in [2.05, 4.69) is 0 Å². The maximum absolute atomic E-state index is 12.1. The normalized spacial score (nSPS) is 12.0. The van der Waals surface area contributed by atoms with Gasteiger partial charge in [0, 0.05) is 0 Å². The van der Waals surface area contributed by atoms with Gasteiger partial charge in [-0.2, -0.15) is 0 Å². The molecule has 0 radical (unpaired) electrons. The van der Waals surface area contributed by atoms with E-state index in [4.69, 9.17) is 0 Å². The Kier molecular flexibility index (Phi) is 3.26. The molecule has 0 aromatic heterocycles. The molecule has 0 bridgehead atoms. The van der Waals surface area contributed by atoms with Crippen LogP contribution >= 0.6 is 0 Å². The summed E-state index contributed by atoms with van der Waals surface area (Å²) in [5, 5.41) is 0. The second kappa shape index (κ2) is 4.09. The van der Waals surface area contributed by atoms with E-state index in [0.29, 0.717) is 5.92 Å². The van der Waals surface area contributed by atoms with Crippen molar-refractivity contribution < 1.29 is 12.8 Å². The Morgan fingerprint density at radius 3 is 2.07 bits per heavy atom. The SMILES string of the molecule is CC(C)c1ccc(S(=O)(=O)CF)cc1. The molecule has 14 heavy (non-hydrogen) atoms. The lowest BCUT2D eigenvalue weighted by Gasteiger charge is -2.05. The Balaban J connectivity index is 3.06. The fourth-order valence-corrected chi connectivity index (χ4v) is 1.80. The second-order valence-electron chi connectivity index (χ2n) is 3.45. The van der Waals surface area contributed by atoms with Crippen LogP contribution in [0.4, 0.5) is 4.39 Å². The molecule has 0 heterocycles. The Morgan fingerprint density at radius 2 is 1.71 bits per heavy atom. The van der Waals surface area contributed by atoms with Gasteiger partial charge in [0.2, 0.25) is 9.84 Å². The van der Waals surface area contributed by atoms with Gasteiger partial charge in [0.1, 0.15) is 0 Å². The molecule has 0 atom stereocenters. The average Bonchev–Trinajstić information content (AvgIpc) is 2.18. The van der Waals surface area contributed by atoms with Crippen LogP contribution in [-0.2, 0) is 9.84 Å². The zero-order chi connectivity index (χ0) is 10.8. The number of halogens is 1. The van der Waals surface area contributed by atoms with Crippen LogP contribution in [0.15, 0.2) is 29.2 Å². The monoisotopic (exact) mass is 216 g/mol. The fraction of sp³-hybridized carbons (Fsp3) is 0.400. The van der Waals surface area contributed by atoms with Crippen LogP contribution in [0.2, 0.25) is 0 Å². The Labute approximate surface area is 83.7 Å². The van der Waals surface area contributed by atoms with Gasteiger partial charge in [-0.1, -0.05) is 26.0 Å². The quantitative estimate of drug-likeness (QED) is 0.778. The Hall–Kier alpha value is -0.900. The van der Waals surface area contributed by atoms with Crippen molar-refractivity contribution in [2.45, 2.75) is 24.7 Å². The first kappa shape index (κ1) is 11.2. The van der Waals surface area contributed by atoms with E-state index < -0.39 is 15.8 Å². The van der Waals surface area contributed by atoms with Gasteiger partial charge >= 0.3 is 0 Å². The lowest BCUT2D eigenvalue weighted by atomic mass is 10.0. The molecule has 0 fully saturated rings. The smallest absolute Gasteiger partial charge is 0.207 e. The maximum Gasteiger partial charge on any atom is 0.207 e. The highest BCUT2D eigenvalue weighted by atomic mass is 32.2. The molecule has 1 aromatic carbocycles. The van der Waals surface area contributed by atoms with E-state index in [1.165, 1.54) is 12.1 Å². The van der Waals surface area contributed by atoms with Gasteiger partial charge in [-0.3, -0.25) is 0 Å². The molecule has 0 unspecified atom stereocenters. The van der Waals surface area contributed by atoms with Gasteiger partial charge in [0.25, 0.3) is 0 Å².